The SMILES string of the molecule is Cc1ccc2nc(Nc3ccc([N+](=O)[O-])c(N)c3)sc2c1. The Labute approximate surface area is 124 Å². The van der Waals surface area contributed by atoms with Gasteiger partial charge in [0.25, 0.3) is 5.69 Å². The van der Waals surface area contributed by atoms with Crippen LogP contribution in [0.1, 0.15) is 5.56 Å². The van der Waals surface area contributed by atoms with Crippen LogP contribution >= 0.6 is 11.3 Å². The van der Waals surface area contributed by atoms with Crippen LogP contribution in [0.5, 0.6) is 0 Å². The smallest absolute Gasteiger partial charge is 0.292 e. The highest BCUT2D eigenvalue weighted by Gasteiger charge is 2.12. The Kier molecular flexibility index (Phi) is 3.19. The molecular formula is C14H12N4O2S. The van der Waals surface area contributed by atoms with Gasteiger partial charge in [0, 0.05) is 11.8 Å². The third-order valence-corrected chi connectivity index (χ3v) is 3.95. The lowest BCUT2D eigenvalue weighted by Crippen LogP contribution is -1.97. The van der Waals surface area contributed by atoms with E-state index in [1.807, 2.05) is 19.1 Å². The number of nitrogens with zero attached hydrogens (tertiary/aromatic N) is 2. The van der Waals surface area contributed by atoms with Crippen LogP contribution in [-0.4, -0.2) is 9.91 Å². The van der Waals surface area contributed by atoms with Gasteiger partial charge >= 0.3 is 0 Å². The van der Waals surface area contributed by atoms with E-state index in [1.165, 1.54) is 29.0 Å². The van der Waals surface area contributed by atoms with Crippen LogP contribution in [0.15, 0.2) is 36.4 Å². The zero-order valence-electron chi connectivity index (χ0n) is 11.2. The van der Waals surface area contributed by atoms with Crippen LogP contribution in [-0.2, 0) is 0 Å². The van der Waals surface area contributed by atoms with Crippen LogP contribution in [0.3, 0.4) is 0 Å². The minimum Gasteiger partial charge on any atom is -0.393 e. The molecule has 2 aromatic carbocycles. The first kappa shape index (κ1) is 13.3. The van der Waals surface area contributed by atoms with Gasteiger partial charge in [-0.2, -0.15) is 0 Å². The minimum absolute atomic E-state index is 0.0968. The molecule has 0 aliphatic rings. The lowest BCUT2D eigenvalue weighted by molar-refractivity contribution is -0.383. The molecule has 0 fully saturated rings. The summed E-state index contributed by atoms with van der Waals surface area (Å²) >= 11 is 1.53. The molecule has 0 saturated carbocycles. The van der Waals surface area contributed by atoms with E-state index in [2.05, 4.69) is 16.4 Å². The molecule has 1 aromatic heterocycles. The van der Waals surface area contributed by atoms with Crippen LogP contribution in [0, 0.1) is 17.0 Å². The van der Waals surface area contributed by atoms with Crippen molar-refractivity contribution in [2.75, 3.05) is 11.1 Å². The zero-order chi connectivity index (χ0) is 15.0. The van der Waals surface area contributed by atoms with Gasteiger partial charge in [-0.25, -0.2) is 4.98 Å². The van der Waals surface area contributed by atoms with Gasteiger partial charge in [-0.15, -0.1) is 0 Å². The summed E-state index contributed by atoms with van der Waals surface area (Å²) in [6.07, 6.45) is 0. The van der Waals surface area contributed by atoms with E-state index in [4.69, 9.17) is 5.73 Å². The number of nitrogens with one attached hydrogen (secondary N) is 1. The molecule has 3 rings (SSSR count). The number of hydrogen-bond donors (Lipinski definition) is 2. The van der Waals surface area contributed by atoms with E-state index >= 15 is 0 Å². The molecule has 106 valence electrons. The average Bonchev–Trinajstić information content (AvgIpc) is 2.79. The first-order chi connectivity index (χ1) is 10.0. The standard InChI is InChI=1S/C14H12N4O2S/c1-8-2-4-11-13(6-8)21-14(17-11)16-9-3-5-12(18(19)20)10(15)7-9/h2-7H,15H2,1H3,(H,16,17). The van der Waals surface area contributed by atoms with Crippen molar-refractivity contribution in [3.8, 4) is 0 Å². The predicted octanol–water partition coefficient (Wildman–Crippen LogP) is 3.84. The number of benzene rings is 2. The van der Waals surface area contributed by atoms with E-state index in [1.54, 1.807) is 6.07 Å². The van der Waals surface area contributed by atoms with Gasteiger partial charge in [-0.1, -0.05) is 17.4 Å². The first-order valence-electron chi connectivity index (χ1n) is 6.21. The maximum atomic E-state index is 10.7. The Hall–Kier alpha value is -2.67. The third-order valence-electron chi connectivity index (χ3n) is 3.02. The lowest BCUT2D eigenvalue weighted by Gasteiger charge is -2.03. The lowest BCUT2D eigenvalue weighted by atomic mass is 10.2. The maximum absolute atomic E-state index is 10.7. The quantitative estimate of drug-likeness (QED) is 0.435. The van der Waals surface area contributed by atoms with Gasteiger partial charge in [-0.3, -0.25) is 10.1 Å². The van der Waals surface area contributed by atoms with E-state index in [9.17, 15) is 10.1 Å². The number of aromatic nitrogens is 1. The largest absolute Gasteiger partial charge is 0.393 e. The van der Waals surface area contributed by atoms with Gasteiger partial charge in [0.1, 0.15) is 5.69 Å². The molecular weight excluding hydrogens is 288 g/mol. The summed E-state index contributed by atoms with van der Waals surface area (Å²) in [5, 5.41) is 14.6. The summed E-state index contributed by atoms with van der Waals surface area (Å²) in [7, 11) is 0. The number of anilines is 3. The molecule has 0 radical (unpaired) electrons. The summed E-state index contributed by atoms with van der Waals surface area (Å²) in [6.45, 7) is 2.03. The van der Waals surface area contributed by atoms with Crippen LogP contribution in [0.2, 0.25) is 0 Å². The summed E-state index contributed by atoms with van der Waals surface area (Å²) in [5.74, 6) is 0. The Bertz CT molecular complexity index is 844. The highest BCUT2D eigenvalue weighted by Crippen LogP contribution is 2.31. The van der Waals surface area contributed by atoms with Crippen molar-refractivity contribution >= 4 is 43.7 Å². The highest BCUT2D eigenvalue weighted by atomic mass is 32.1. The van der Waals surface area contributed by atoms with Gasteiger partial charge in [0.2, 0.25) is 0 Å². The van der Waals surface area contributed by atoms with Gasteiger partial charge < -0.3 is 11.1 Å². The Morgan fingerprint density at radius 3 is 2.81 bits per heavy atom. The normalized spacial score (nSPS) is 10.7. The van der Waals surface area contributed by atoms with Crippen LogP contribution in [0.25, 0.3) is 10.2 Å². The molecule has 0 bridgehead atoms. The molecule has 3 aromatic rings. The number of rotatable bonds is 3. The minimum atomic E-state index is -0.500. The summed E-state index contributed by atoms with van der Waals surface area (Å²) in [4.78, 5) is 14.7. The number of hydrogen-bond acceptors (Lipinski definition) is 6. The highest BCUT2D eigenvalue weighted by molar-refractivity contribution is 7.22. The second-order valence-corrected chi connectivity index (χ2v) is 5.68. The van der Waals surface area contributed by atoms with E-state index in [0.717, 1.165) is 15.3 Å². The Morgan fingerprint density at radius 1 is 1.29 bits per heavy atom. The molecule has 7 heteroatoms. The number of nitro benzene ring substituents is 1. The fourth-order valence-corrected chi connectivity index (χ4v) is 2.99. The molecule has 0 unspecified atom stereocenters. The molecule has 0 amide bonds. The Morgan fingerprint density at radius 2 is 2.10 bits per heavy atom. The van der Waals surface area contributed by atoms with E-state index in [-0.39, 0.29) is 11.4 Å². The molecule has 6 nitrogen and oxygen atoms in total. The van der Waals surface area contributed by atoms with Crippen molar-refractivity contribution in [1.82, 2.24) is 4.98 Å². The molecule has 21 heavy (non-hydrogen) atoms. The van der Waals surface area contributed by atoms with E-state index in [0.29, 0.717) is 5.69 Å². The van der Waals surface area contributed by atoms with Crippen molar-refractivity contribution in [3.05, 3.63) is 52.1 Å². The van der Waals surface area contributed by atoms with Crippen LogP contribution in [0.4, 0.5) is 22.2 Å². The van der Waals surface area contributed by atoms with Crippen molar-refractivity contribution in [2.45, 2.75) is 6.92 Å². The fourth-order valence-electron chi connectivity index (χ4n) is 2.01. The number of thiazole rings is 1. The summed E-state index contributed by atoms with van der Waals surface area (Å²) < 4.78 is 1.09. The summed E-state index contributed by atoms with van der Waals surface area (Å²) in [6, 6.07) is 10.6. The number of nitro groups is 1. The van der Waals surface area contributed by atoms with E-state index < -0.39 is 4.92 Å². The topological polar surface area (TPSA) is 94.1 Å². The number of fused-ring (bicyclic) bond motifs is 1. The third kappa shape index (κ3) is 2.63. The molecule has 3 N–H and O–H groups in total. The van der Waals surface area contributed by atoms with Gasteiger partial charge in [0.15, 0.2) is 5.13 Å². The Balaban J connectivity index is 1.91. The molecule has 0 atom stereocenters. The first-order valence-corrected chi connectivity index (χ1v) is 7.03. The maximum Gasteiger partial charge on any atom is 0.292 e. The average molecular weight is 300 g/mol. The second-order valence-electron chi connectivity index (χ2n) is 4.65. The fraction of sp³-hybridized carbons (Fsp3) is 0.0714. The molecule has 0 aliphatic carbocycles. The predicted molar refractivity (Wildman–Crippen MR) is 85.1 cm³/mol. The summed E-state index contributed by atoms with van der Waals surface area (Å²) in [5.41, 5.74) is 8.47. The van der Waals surface area contributed by atoms with Crippen molar-refractivity contribution < 1.29 is 4.92 Å². The molecule has 1 heterocycles. The number of nitrogens with two attached hydrogens (primary N) is 1. The van der Waals surface area contributed by atoms with Gasteiger partial charge in [0.05, 0.1) is 15.1 Å². The molecule has 0 saturated heterocycles. The number of nitrogen functional groups attached to an aromatic ring is 1. The van der Waals surface area contributed by atoms with Crippen molar-refractivity contribution in [3.63, 3.8) is 0 Å². The van der Waals surface area contributed by atoms with Crippen molar-refractivity contribution in [1.29, 1.82) is 0 Å². The van der Waals surface area contributed by atoms with Crippen molar-refractivity contribution in [2.24, 2.45) is 0 Å². The molecule has 0 spiro atoms. The zero-order valence-corrected chi connectivity index (χ0v) is 12.0. The number of aryl methyl sites for hydroxylation is 1. The van der Waals surface area contributed by atoms with Crippen LogP contribution < -0.4 is 11.1 Å². The molecule has 0 aliphatic heterocycles. The second kappa shape index (κ2) is 5.02. The monoisotopic (exact) mass is 300 g/mol. The van der Waals surface area contributed by atoms with Gasteiger partial charge in [-0.05, 0) is 36.8 Å².